The normalized spacial score (nSPS) is 18.6. The first-order valence-corrected chi connectivity index (χ1v) is 8.36. The van der Waals surface area contributed by atoms with Crippen LogP contribution in [-0.4, -0.2) is 0 Å². The summed E-state index contributed by atoms with van der Waals surface area (Å²) in [4.78, 5) is 0. The molecule has 1 aliphatic rings. The molecule has 0 spiro atoms. The van der Waals surface area contributed by atoms with Crippen LogP contribution < -0.4 is 0 Å². The van der Waals surface area contributed by atoms with E-state index in [0.29, 0.717) is 0 Å². The first kappa shape index (κ1) is 15.6. The van der Waals surface area contributed by atoms with Crippen molar-refractivity contribution in [2.45, 2.75) is 33.1 Å². The van der Waals surface area contributed by atoms with E-state index in [1.165, 1.54) is 45.4 Å². The van der Waals surface area contributed by atoms with E-state index < -0.39 is 0 Å². The van der Waals surface area contributed by atoms with Crippen molar-refractivity contribution in [3.63, 3.8) is 0 Å². The highest BCUT2D eigenvalue weighted by atomic mass is 14.2. The molecule has 0 bridgehead atoms. The number of allylic oxidation sites excluding steroid dienone is 3. The summed E-state index contributed by atoms with van der Waals surface area (Å²) in [6.07, 6.45) is 8.04. The lowest BCUT2D eigenvalue weighted by atomic mass is 9.84. The molecule has 0 unspecified atom stereocenters. The molecule has 0 atom stereocenters. The van der Waals surface area contributed by atoms with Gasteiger partial charge in [0, 0.05) is 0 Å². The first-order valence-electron chi connectivity index (χ1n) is 8.36. The van der Waals surface area contributed by atoms with Crippen LogP contribution >= 0.6 is 0 Å². The van der Waals surface area contributed by atoms with E-state index in [2.05, 4.69) is 81.1 Å². The van der Waals surface area contributed by atoms with Gasteiger partial charge in [0.05, 0.1) is 0 Å². The summed E-state index contributed by atoms with van der Waals surface area (Å²) < 4.78 is 0. The summed E-state index contributed by atoms with van der Waals surface area (Å²) >= 11 is 0. The molecule has 0 aromatic heterocycles. The fourth-order valence-corrected chi connectivity index (χ4v) is 3.02. The van der Waals surface area contributed by atoms with Crippen molar-refractivity contribution in [2.75, 3.05) is 0 Å². The molecular weight excluding hydrogens is 276 g/mol. The number of hydrogen-bond donors (Lipinski definition) is 0. The third kappa shape index (κ3) is 3.90. The molecule has 0 radical (unpaired) electrons. The van der Waals surface area contributed by atoms with Crippen molar-refractivity contribution >= 4 is 12.2 Å². The molecule has 0 nitrogen and oxygen atoms in total. The Morgan fingerprint density at radius 3 is 1.48 bits per heavy atom. The highest BCUT2D eigenvalue weighted by molar-refractivity contribution is 5.68. The molecule has 0 saturated heterocycles. The fraction of sp³-hybridized carbons (Fsp3) is 0.217. The van der Waals surface area contributed by atoms with Crippen LogP contribution in [0, 0.1) is 13.8 Å². The Hall–Kier alpha value is -2.34. The second-order valence-electron chi connectivity index (χ2n) is 6.49. The van der Waals surface area contributed by atoms with E-state index in [0.717, 1.165) is 12.8 Å². The van der Waals surface area contributed by atoms with Crippen LogP contribution in [0.4, 0.5) is 0 Å². The molecular formula is C23H24. The van der Waals surface area contributed by atoms with Crippen molar-refractivity contribution in [2.24, 2.45) is 0 Å². The molecule has 0 amide bonds. The van der Waals surface area contributed by atoms with E-state index in [-0.39, 0.29) is 0 Å². The predicted octanol–water partition coefficient (Wildman–Crippen LogP) is 6.51. The summed E-state index contributed by atoms with van der Waals surface area (Å²) in [6, 6.07) is 17.4. The van der Waals surface area contributed by atoms with E-state index in [4.69, 9.17) is 0 Å². The number of rotatable bonds is 2. The zero-order valence-corrected chi connectivity index (χ0v) is 14.1. The summed E-state index contributed by atoms with van der Waals surface area (Å²) in [5.41, 5.74) is 9.09. The van der Waals surface area contributed by atoms with E-state index in [9.17, 15) is 0 Å². The van der Waals surface area contributed by atoms with Crippen LogP contribution in [-0.2, 0) is 0 Å². The second-order valence-corrected chi connectivity index (χ2v) is 6.49. The van der Waals surface area contributed by atoms with Gasteiger partial charge in [-0.3, -0.25) is 0 Å². The van der Waals surface area contributed by atoms with Crippen molar-refractivity contribution in [1.82, 2.24) is 0 Å². The zero-order valence-electron chi connectivity index (χ0n) is 14.1. The van der Waals surface area contributed by atoms with Crippen molar-refractivity contribution in [3.05, 3.63) is 94.1 Å². The molecule has 0 aliphatic heterocycles. The molecule has 116 valence electrons. The Bertz CT molecular complexity index is 687. The van der Waals surface area contributed by atoms with Gasteiger partial charge in [-0.1, -0.05) is 78.4 Å². The first-order chi connectivity index (χ1) is 11.1. The van der Waals surface area contributed by atoms with Gasteiger partial charge < -0.3 is 0 Å². The summed E-state index contributed by atoms with van der Waals surface area (Å²) in [5.74, 6) is 0. The van der Waals surface area contributed by atoms with Crippen molar-refractivity contribution < 1.29 is 0 Å². The highest BCUT2D eigenvalue weighted by Gasteiger charge is 2.15. The minimum atomic E-state index is 1.12. The lowest BCUT2D eigenvalue weighted by Crippen LogP contribution is -2.01. The fourth-order valence-electron chi connectivity index (χ4n) is 3.02. The monoisotopic (exact) mass is 300 g/mol. The van der Waals surface area contributed by atoms with Gasteiger partial charge in [0.1, 0.15) is 0 Å². The Morgan fingerprint density at radius 2 is 1.09 bits per heavy atom. The molecule has 0 heterocycles. The molecule has 3 rings (SSSR count). The second kappa shape index (κ2) is 6.83. The Balaban J connectivity index is 1.86. The van der Waals surface area contributed by atoms with Crippen LogP contribution in [0.5, 0.6) is 0 Å². The number of aryl methyl sites for hydroxylation is 2. The van der Waals surface area contributed by atoms with Crippen LogP contribution in [0.25, 0.3) is 12.2 Å². The van der Waals surface area contributed by atoms with Crippen LogP contribution in [0.15, 0.2) is 71.8 Å². The minimum Gasteiger partial charge on any atom is -0.0912 e. The molecule has 0 heteroatoms. The Kier molecular flexibility index (Phi) is 4.62. The Morgan fingerprint density at radius 1 is 0.696 bits per heavy atom. The largest absolute Gasteiger partial charge is 0.0912 e. The minimum absolute atomic E-state index is 1.12. The molecule has 1 fully saturated rings. The quantitative estimate of drug-likeness (QED) is 0.593. The standard InChI is InChI=1S/C23H24/c1-17-7-11-20(12-8-17)15-22-5-4-6-23(19(22)3)16-21-13-9-18(2)10-14-21/h7-16H,3-6H2,1-2H3/b22-15-,23-16+. The highest BCUT2D eigenvalue weighted by Crippen LogP contribution is 2.34. The summed E-state index contributed by atoms with van der Waals surface area (Å²) in [5, 5.41) is 0. The molecule has 23 heavy (non-hydrogen) atoms. The van der Waals surface area contributed by atoms with E-state index >= 15 is 0 Å². The van der Waals surface area contributed by atoms with Gasteiger partial charge in [0.15, 0.2) is 0 Å². The van der Waals surface area contributed by atoms with Gasteiger partial charge >= 0.3 is 0 Å². The van der Waals surface area contributed by atoms with Crippen LogP contribution in [0.1, 0.15) is 41.5 Å². The average molecular weight is 300 g/mol. The molecule has 1 aliphatic carbocycles. The lowest BCUT2D eigenvalue weighted by Gasteiger charge is -2.21. The zero-order chi connectivity index (χ0) is 16.2. The topological polar surface area (TPSA) is 0 Å². The third-order valence-corrected chi connectivity index (χ3v) is 4.50. The predicted molar refractivity (Wildman–Crippen MR) is 101 cm³/mol. The SMILES string of the molecule is C=C1/C(=C\c2ccc(C)cc2)CCC/C1=C\c1ccc(C)cc1. The summed E-state index contributed by atoms with van der Waals surface area (Å²) in [7, 11) is 0. The maximum Gasteiger partial charge on any atom is -0.0254 e. The smallest absolute Gasteiger partial charge is 0.0254 e. The number of benzene rings is 2. The Labute approximate surface area is 139 Å². The van der Waals surface area contributed by atoms with Crippen LogP contribution in [0.3, 0.4) is 0 Å². The van der Waals surface area contributed by atoms with Gasteiger partial charge in [-0.05, 0) is 61.0 Å². The van der Waals surface area contributed by atoms with Crippen molar-refractivity contribution in [1.29, 1.82) is 0 Å². The molecule has 2 aromatic carbocycles. The maximum absolute atomic E-state index is 4.37. The maximum atomic E-state index is 4.37. The van der Waals surface area contributed by atoms with Crippen LogP contribution in [0.2, 0.25) is 0 Å². The average Bonchev–Trinajstić information content (AvgIpc) is 2.55. The van der Waals surface area contributed by atoms with Crippen molar-refractivity contribution in [3.8, 4) is 0 Å². The van der Waals surface area contributed by atoms with Gasteiger partial charge in [-0.2, -0.15) is 0 Å². The molecule has 2 aromatic rings. The number of hydrogen-bond acceptors (Lipinski definition) is 0. The van der Waals surface area contributed by atoms with E-state index in [1.807, 2.05) is 0 Å². The van der Waals surface area contributed by atoms with Gasteiger partial charge in [0.25, 0.3) is 0 Å². The van der Waals surface area contributed by atoms with Gasteiger partial charge in [0.2, 0.25) is 0 Å². The third-order valence-electron chi connectivity index (χ3n) is 4.50. The van der Waals surface area contributed by atoms with Gasteiger partial charge in [-0.25, -0.2) is 0 Å². The van der Waals surface area contributed by atoms with Gasteiger partial charge in [-0.15, -0.1) is 0 Å². The molecule has 1 saturated carbocycles. The molecule has 0 N–H and O–H groups in total. The summed E-state index contributed by atoms with van der Waals surface area (Å²) in [6.45, 7) is 8.62. The van der Waals surface area contributed by atoms with E-state index in [1.54, 1.807) is 0 Å². The lowest BCUT2D eigenvalue weighted by molar-refractivity contribution is 0.782.